The highest BCUT2D eigenvalue weighted by Crippen LogP contribution is 2.43. The molecular weight excluding hydrogens is 399 g/mol. The van der Waals surface area contributed by atoms with Gasteiger partial charge in [0.2, 0.25) is 0 Å². The highest BCUT2D eigenvalue weighted by atomic mass is 19.4. The van der Waals surface area contributed by atoms with Gasteiger partial charge < -0.3 is 14.6 Å². The van der Waals surface area contributed by atoms with Crippen LogP contribution in [0.15, 0.2) is 42.5 Å². The van der Waals surface area contributed by atoms with Crippen LogP contribution >= 0.6 is 0 Å². The van der Waals surface area contributed by atoms with E-state index in [1.165, 1.54) is 26.4 Å². The van der Waals surface area contributed by atoms with Crippen LogP contribution in [0, 0.1) is 0 Å². The van der Waals surface area contributed by atoms with Gasteiger partial charge in [0.15, 0.2) is 0 Å². The van der Waals surface area contributed by atoms with Gasteiger partial charge in [0.05, 0.1) is 31.4 Å². The van der Waals surface area contributed by atoms with E-state index in [0.29, 0.717) is 35.6 Å². The molecule has 0 bridgehead atoms. The van der Waals surface area contributed by atoms with Gasteiger partial charge in [0.1, 0.15) is 17.5 Å². The van der Waals surface area contributed by atoms with E-state index in [9.17, 15) is 23.1 Å². The summed E-state index contributed by atoms with van der Waals surface area (Å²) in [7, 11) is 2.99. The van der Waals surface area contributed by atoms with Gasteiger partial charge in [-0.25, -0.2) is 0 Å². The molecule has 0 spiro atoms. The fourth-order valence-corrected chi connectivity index (χ4v) is 4.06. The summed E-state index contributed by atoms with van der Waals surface area (Å²) >= 11 is 0. The standard InChI is InChI=1S/C22H24F3NO4/c1-29-17-7-5-8-18(30-2)19(17)20(26-13-4-3-6-16(26)21(27)28)14-9-11-15(12-10-14)22(23,24)25/h5,7-12,16,20H,3-4,6,13H2,1-2H3,(H,27,28). The topological polar surface area (TPSA) is 59.0 Å². The molecule has 1 aliphatic heterocycles. The van der Waals surface area contributed by atoms with Gasteiger partial charge in [-0.1, -0.05) is 24.6 Å². The second-order valence-corrected chi connectivity index (χ2v) is 7.19. The molecule has 0 aliphatic carbocycles. The lowest BCUT2D eigenvalue weighted by molar-refractivity contribution is -0.145. The zero-order chi connectivity index (χ0) is 21.9. The third kappa shape index (κ3) is 4.38. The third-order valence-electron chi connectivity index (χ3n) is 5.45. The average molecular weight is 423 g/mol. The molecule has 2 aromatic carbocycles. The largest absolute Gasteiger partial charge is 0.496 e. The minimum absolute atomic E-state index is 0.462. The zero-order valence-electron chi connectivity index (χ0n) is 16.8. The number of piperidine rings is 1. The van der Waals surface area contributed by atoms with Gasteiger partial charge in [-0.15, -0.1) is 0 Å². The summed E-state index contributed by atoms with van der Waals surface area (Å²) in [4.78, 5) is 13.8. The van der Waals surface area contributed by atoms with Crippen molar-refractivity contribution in [3.05, 3.63) is 59.2 Å². The maximum atomic E-state index is 13.1. The molecule has 2 unspecified atom stereocenters. The maximum Gasteiger partial charge on any atom is 0.416 e. The Morgan fingerprint density at radius 2 is 1.67 bits per heavy atom. The van der Waals surface area contributed by atoms with Crippen LogP contribution in [0.1, 0.15) is 42.0 Å². The molecule has 1 heterocycles. The van der Waals surface area contributed by atoms with E-state index in [0.717, 1.165) is 25.0 Å². The second-order valence-electron chi connectivity index (χ2n) is 7.19. The van der Waals surface area contributed by atoms with Gasteiger partial charge in [0, 0.05) is 0 Å². The Kier molecular flexibility index (Phi) is 6.55. The molecule has 0 aromatic heterocycles. The molecule has 1 saturated heterocycles. The lowest BCUT2D eigenvalue weighted by Gasteiger charge is -2.40. The van der Waals surface area contributed by atoms with Gasteiger partial charge in [-0.3, -0.25) is 9.69 Å². The Morgan fingerprint density at radius 1 is 1.07 bits per heavy atom. The van der Waals surface area contributed by atoms with Crippen LogP contribution in [0.5, 0.6) is 11.5 Å². The van der Waals surface area contributed by atoms with Crippen LogP contribution in [0.4, 0.5) is 13.2 Å². The molecule has 2 aromatic rings. The van der Waals surface area contributed by atoms with E-state index in [4.69, 9.17) is 9.47 Å². The number of carbonyl (C=O) groups is 1. The summed E-state index contributed by atoms with van der Waals surface area (Å²) in [6, 6.07) is 8.63. The van der Waals surface area contributed by atoms with E-state index in [2.05, 4.69) is 0 Å². The summed E-state index contributed by atoms with van der Waals surface area (Å²) in [5.41, 5.74) is 0.375. The molecular formula is C22H24F3NO4. The van der Waals surface area contributed by atoms with E-state index in [1.54, 1.807) is 18.2 Å². The molecule has 2 atom stereocenters. The third-order valence-corrected chi connectivity index (χ3v) is 5.45. The Bertz CT molecular complexity index is 861. The number of benzene rings is 2. The Balaban J connectivity index is 2.19. The number of hydrogen-bond donors (Lipinski definition) is 1. The van der Waals surface area contributed by atoms with Crippen molar-refractivity contribution in [3.63, 3.8) is 0 Å². The van der Waals surface area contributed by atoms with Gasteiger partial charge in [-0.2, -0.15) is 13.2 Å². The fourth-order valence-electron chi connectivity index (χ4n) is 4.06. The number of rotatable bonds is 6. The molecule has 0 radical (unpaired) electrons. The van der Waals surface area contributed by atoms with E-state index in [1.807, 2.05) is 4.90 Å². The van der Waals surface area contributed by atoms with E-state index < -0.39 is 29.8 Å². The molecule has 3 rings (SSSR count). The number of halogens is 3. The van der Waals surface area contributed by atoms with Crippen molar-refractivity contribution in [3.8, 4) is 11.5 Å². The van der Waals surface area contributed by atoms with Crippen LogP contribution in [-0.4, -0.2) is 42.8 Å². The molecule has 1 N–H and O–H groups in total. The minimum Gasteiger partial charge on any atom is -0.496 e. The minimum atomic E-state index is -4.45. The predicted octanol–water partition coefficient (Wildman–Crippen LogP) is 4.75. The number of carboxylic acids is 1. The number of hydrogen-bond acceptors (Lipinski definition) is 4. The summed E-state index contributed by atoms with van der Waals surface area (Å²) in [6.45, 7) is 0.490. The number of ether oxygens (including phenoxy) is 2. The quantitative estimate of drug-likeness (QED) is 0.727. The highest BCUT2D eigenvalue weighted by Gasteiger charge is 2.38. The van der Waals surface area contributed by atoms with Gasteiger partial charge in [0.25, 0.3) is 0 Å². The maximum absolute atomic E-state index is 13.1. The first-order chi connectivity index (χ1) is 14.3. The summed E-state index contributed by atoms with van der Waals surface area (Å²) in [5.74, 6) is 0.00315. The van der Waals surface area contributed by atoms with Crippen molar-refractivity contribution in [2.24, 2.45) is 0 Å². The van der Waals surface area contributed by atoms with Crippen LogP contribution < -0.4 is 9.47 Å². The van der Waals surface area contributed by atoms with Crippen molar-refractivity contribution < 1.29 is 32.5 Å². The molecule has 162 valence electrons. The molecule has 0 saturated carbocycles. The lowest BCUT2D eigenvalue weighted by atomic mass is 9.90. The number of methoxy groups -OCH3 is 2. The van der Waals surface area contributed by atoms with Crippen molar-refractivity contribution in [1.82, 2.24) is 4.90 Å². The lowest BCUT2D eigenvalue weighted by Crippen LogP contribution is -2.47. The zero-order valence-corrected chi connectivity index (χ0v) is 16.8. The molecule has 1 fully saturated rings. The summed E-state index contributed by atoms with van der Waals surface area (Å²) < 4.78 is 50.3. The summed E-state index contributed by atoms with van der Waals surface area (Å²) in [6.07, 6.45) is -2.43. The SMILES string of the molecule is COc1cccc(OC)c1C(c1ccc(C(F)(F)F)cc1)N1CCCCC1C(=O)O. The number of nitrogens with zero attached hydrogens (tertiary/aromatic N) is 1. The molecule has 0 amide bonds. The molecule has 8 heteroatoms. The number of alkyl halides is 3. The van der Waals surface area contributed by atoms with Gasteiger partial charge >= 0.3 is 12.1 Å². The van der Waals surface area contributed by atoms with Crippen molar-refractivity contribution in [2.45, 2.75) is 37.5 Å². The smallest absolute Gasteiger partial charge is 0.416 e. The summed E-state index contributed by atoms with van der Waals surface area (Å²) in [5, 5.41) is 9.80. The predicted molar refractivity (Wildman–Crippen MR) is 105 cm³/mol. The molecule has 1 aliphatic rings. The Labute approximate surface area is 173 Å². The first kappa shape index (κ1) is 22.0. The number of aliphatic carboxylic acids is 1. The Hall–Kier alpha value is -2.74. The average Bonchev–Trinajstić information content (AvgIpc) is 2.74. The fraction of sp³-hybridized carbons (Fsp3) is 0.409. The molecule has 5 nitrogen and oxygen atoms in total. The van der Waals surface area contributed by atoms with Crippen LogP contribution in [0.3, 0.4) is 0 Å². The Morgan fingerprint density at radius 3 is 2.17 bits per heavy atom. The van der Waals surface area contributed by atoms with E-state index >= 15 is 0 Å². The van der Waals surface area contributed by atoms with Crippen LogP contribution in [0.25, 0.3) is 0 Å². The molecule has 30 heavy (non-hydrogen) atoms. The van der Waals surface area contributed by atoms with Crippen LogP contribution in [-0.2, 0) is 11.0 Å². The van der Waals surface area contributed by atoms with Crippen molar-refractivity contribution in [2.75, 3.05) is 20.8 Å². The normalized spacial score (nSPS) is 18.6. The van der Waals surface area contributed by atoms with Crippen molar-refractivity contribution >= 4 is 5.97 Å². The first-order valence-corrected chi connectivity index (χ1v) is 9.64. The first-order valence-electron chi connectivity index (χ1n) is 9.64. The van der Waals surface area contributed by atoms with E-state index in [-0.39, 0.29) is 0 Å². The monoisotopic (exact) mass is 423 g/mol. The number of carboxylic acid groups (broad SMARTS) is 1. The number of likely N-dealkylation sites (tertiary alicyclic amines) is 1. The highest BCUT2D eigenvalue weighted by molar-refractivity contribution is 5.74. The second kappa shape index (κ2) is 8.95. The van der Waals surface area contributed by atoms with Crippen LogP contribution in [0.2, 0.25) is 0 Å². The van der Waals surface area contributed by atoms with Gasteiger partial charge in [-0.05, 0) is 49.2 Å². The van der Waals surface area contributed by atoms with Crippen molar-refractivity contribution in [1.29, 1.82) is 0 Å².